The third-order valence-corrected chi connectivity index (χ3v) is 4.89. The molecule has 0 unspecified atom stereocenters. The van der Waals surface area contributed by atoms with Crippen molar-refractivity contribution >= 4 is 15.7 Å². The first-order valence-electron chi connectivity index (χ1n) is 7.41. The highest BCUT2D eigenvalue weighted by Gasteiger charge is 2.27. The number of nitrogens with one attached hydrogen (secondary N) is 2. The summed E-state index contributed by atoms with van der Waals surface area (Å²) in [5.74, 6) is 0.683. The van der Waals surface area contributed by atoms with Gasteiger partial charge in [0.2, 0.25) is 10.0 Å². The Labute approximate surface area is 132 Å². The molecule has 2 N–H and O–H groups in total. The quantitative estimate of drug-likeness (QED) is 0.775. The maximum absolute atomic E-state index is 12.3. The highest BCUT2D eigenvalue weighted by molar-refractivity contribution is 7.89. The van der Waals surface area contributed by atoms with Crippen LogP contribution in [0.2, 0.25) is 0 Å². The van der Waals surface area contributed by atoms with Crippen molar-refractivity contribution in [3.05, 3.63) is 18.2 Å². The van der Waals surface area contributed by atoms with Crippen LogP contribution in [0.1, 0.15) is 20.3 Å². The van der Waals surface area contributed by atoms with Gasteiger partial charge < -0.3 is 15.0 Å². The summed E-state index contributed by atoms with van der Waals surface area (Å²) in [5, 5.41) is 3.22. The zero-order valence-corrected chi connectivity index (χ0v) is 14.5. The van der Waals surface area contributed by atoms with Crippen molar-refractivity contribution in [2.24, 2.45) is 0 Å². The van der Waals surface area contributed by atoms with E-state index in [2.05, 4.69) is 10.0 Å². The fraction of sp³-hybridized carbons (Fsp3) is 0.600. The Morgan fingerprint density at radius 2 is 2.09 bits per heavy atom. The molecule has 0 aromatic heterocycles. The molecule has 0 aliphatic carbocycles. The molecule has 1 aromatic carbocycles. The fourth-order valence-corrected chi connectivity index (χ4v) is 3.33. The first-order chi connectivity index (χ1) is 10.2. The summed E-state index contributed by atoms with van der Waals surface area (Å²) < 4.78 is 33.1. The van der Waals surface area contributed by atoms with Crippen molar-refractivity contribution in [3.8, 4) is 5.75 Å². The van der Waals surface area contributed by atoms with Crippen molar-refractivity contribution in [1.82, 2.24) is 9.62 Å². The van der Waals surface area contributed by atoms with E-state index in [9.17, 15) is 8.42 Å². The SMILES string of the molecule is CN(C)CCCNS(=O)(=O)c1ccc2c(c1)NCC(C)(C)O2. The number of anilines is 1. The second kappa shape index (κ2) is 6.44. The van der Waals surface area contributed by atoms with Crippen molar-refractivity contribution in [3.63, 3.8) is 0 Å². The average Bonchev–Trinajstić information content (AvgIpc) is 2.42. The Balaban J connectivity index is 2.06. The molecule has 1 aliphatic heterocycles. The highest BCUT2D eigenvalue weighted by Crippen LogP contribution is 2.34. The van der Waals surface area contributed by atoms with Gasteiger partial charge in [-0.05, 0) is 59.1 Å². The minimum absolute atomic E-state index is 0.256. The third kappa shape index (κ3) is 4.34. The molecule has 0 bridgehead atoms. The van der Waals surface area contributed by atoms with Crippen LogP contribution in [0.5, 0.6) is 5.75 Å². The summed E-state index contributed by atoms with van der Waals surface area (Å²) in [5.41, 5.74) is 0.424. The second-order valence-electron chi connectivity index (χ2n) is 6.43. The minimum Gasteiger partial charge on any atom is -0.484 e. The van der Waals surface area contributed by atoms with Gasteiger partial charge >= 0.3 is 0 Å². The Kier molecular flexibility index (Phi) is 4.99. The van der Waals surface area contributed by atoms with Crippen molar-refractivity contribution in [2.45, 2.75) is 30.8 Å². The molecule has 7 heteroatoms. The summed E-state index contributed by atoms with van der Waals surface area (Å²) in [7, 11) is 0.442. The molecular formula is C15H25N3O3S. The number of rotatable bonds is 6. The van der Waals surface area contributed by atoms with E-state index in [0.717, 1.165) is 18.7 Å². The molecule has 6 nitrogen and oxygen atoms in total. The van der Waals surface area contributed by atoms with E-state index in [1.807, 2.05) is 32.8 Å². The summed E-state index contributed by atoms with van der Waals surface area (Å²) >= 11 is 0. The molecule has 0 radical (unpaired) electrons. The summed E-state index contributed by atoms with van der Waals surface area (Å²) in [4.78, 5) is 2.28. The van der Waals surface area contributed by atoms with Crippen LogP contribution >= 0.6 is 0 Å². The van der Waals surface area contributed by atoms with E-state index in [1.54, 1.807) is 18.2 Å². The number of fused-ring (bicyclic) bond motifs is 1. The zero-order valence-electron chi connectivity index (χ0n) is 13.6. The van der Waals surface area contributed by atoms with Crippen LogP contribution < -0.4 is 14.8 Å². The average molecular weight is 327 g/mol. The van der Waals surface area contributed by atoms with E-state index in [4.69, 9.17) is 4.74 Å². The van der Waals surface area contributed by atoms with E-state index >= 15 is 0 Å². The van der Waals surface area contributed by atoms with Gasteiger partial charge in [0, 0.05) is 6.54 Å². The molecule has 0 saturated carbocycles. The van der Waals surface area contributed by atoms with E-state index in [0.29, 0.717) is 18.8 Å². The molecule has 0 atom stereocenters. The van der Waals surface area contributed by atoms with E-state index < -0.39 is 10.0 Å². The third-order valence-electron chi connectivity index (χ3n) is 3.43. The molecule has 22 heavy (non-hydrogen) atoms. The number of hydrogen-bond donors (Lipinski definition) is 2. The molecule has 0 spiro atoms. The standard InChI is InChI=1S/C15H25N3O3S/c1-15(2)11-16-13-10-12(6-7-14(13)21-15)22(19,20)17-8-5-9-18(3)4/h6-7,10,16-17H,5,8-9,11H2,1-4H3. The Morgan fingerprint density at radius 3 is 2.77 bits per heavy atom. The van der Waals surface area contributed by atoms with Crippen molar-refractivity contribution < 1.29 is 13.2 Å². The number of sulfonamides is 1. The van der Waals surface area contributed by atoms with Crippen LogP contribution in [0.15, 0.2) is 23.1 Å². The monoisotopic (exact) mass is 327 g/mol. The molecule has 1 heterocycles. The predicted molar refractivity (Wildman–Crippen MR) is 88.0 cm³/mol. The lowest BCUT2D eigenvalue weighted by molar-refractivity contribution is 0.116. The summed E-state index contributed by atoms with van der Waals surface area (Å²) in [6, 6.07) is 4.91. The molecule has 2 rings (SSSR count). The van der Waals surface area contributed by atoms with Gasteiger partial charge in [-0.3, -0.25) is 0 Å². The number of nitrogens with zero attached hydrogens (tertiary/aromatic N) is 1. The maximum atomic E-state index is 12.3. The van der Waals surface area contributed by atoms with Gasteiger partial charge in [-0.15, -0.1) is 0 Å². The lowest BCUT2D eigenvalue weighted by Crippen LogP contribution is -2.40. The minimum atomic E-state index is -3.48. The molecule has 0 saturated heterocycles. The predicted octanol–water partition coefficient (Wildman–Crippen LogP) is 1.50. The molecule has 0 fully saturated rings. The van der Waals surface area contributed by atoms with Gasteiger partial charge in [-0.2, -0.15) is 0 Å². The van der Waals surface area contributed by atoms with Crippen LogP contribution in [0.4, 0.5) is 5.69 Å². The molecular weight excluding hydrogens is 302 g/mol. The number of benzene rings is 1. The topological polar surface area (TPSA) is 70.7 Å². The van der Waals surface area contributed by atoms with Crippen LogP contribution in [0.3, 0.4) is 0 Å². The zero-order chi connectivity index (χ0) is 16.4. The normalized spacial score (nSPS) is 16.8. The van der Waals surface area contributed by atoms with Gasteiger partial charge in [0.25, 0.3) is 0 Å². The van der Waals surface area contributed by atoms with Crippen LogP contribution in [0.25, 0.3) is 0 Å². The van der Waals surface area contributed by atoms with E-state index in [1.165, 1.54) is 0 Å². The van der Waals surface area contributed by atoms with Gasteiger partial charge in [-0.1, -0.05) is 0 Å². The lowest BCUT2D eigenvalue weighted by Gasteiger charge is -2.33. The molecule has 0 amide bonds. The largest absolute Gasteiger partial charge is 0.484 e. The van der Waals surface area contributed by atoms with Crippen molar-refractivity contribution in [1.29, 1.82) is 0 Å². The molecule has 1 aliphatic rings. The summed E-state index contributed by atoms with van der Waals surface area (Å²) in [6.45, 7) is 5.88. The van der Waals surface area contributed by atoms with Gasteiger partial charge in [0.1, 0.15) is 11.4 Å². The van der Waals surface area contributed by atoms with Gasteiger partial charge in [-0.25, -0.2) is 13.1 Å². The number of ether oxygens (including phenoxy) is 1. The Bertz CT molecular complexity index is 627. The first kappa shape index (κ1) is 17.1. The van der Waals surface area contributed by atoms with Gasteiger partial charge in [0.15, 0.2) is 0 Å². The van der Waals surface area contributed by atoms with Crippen molar-refractivity contribution in [2.75, 3.05) is 39.0 Å². The summed E-state index contributed by atoms with van der Waals surface area (Å²) in [6.07, 6.45) is 0.771. The Morgan fingerprint density at radius 1 is 1.36 bits per heavy atom. The lowest BCUT2D eigenvalue weighted by atomic mass is 10.1. The molecule has 1 aromatic rings. The smallest absolute Gasteiger partial charge is 0.240 e. The number of hydrogen-bond acceptors (Lipinski definition) is 5. The maximum Gasteiger partial charge on any atom is 0.240 e. The Hall–Kier alpha value is -1.31. The highest BCUT2D eigenvalue weighted by atomic mass is 32.2. The van der Waals surface area contributed by atoms with Crippen LogP contribution in [-0.2, 0) is 10.0 Å². The van der Waals surface area contributed by atoms with Crippen LogP contribution in [0, 0.1) is 0 Å². The molecule has 124 valence electrons. The van der Waals surface area contributed by atoms with Crippen LogP contribution in [-0.4, -0.2) is 52.6 Å². The second-order valence-corrected chi connectivity index (χ2v) is 8.19. The van der Waals surface area contributed by atoms with E-state index in [-0.39, 0.29) is 10.5 Å². The fourth-order valence-electron chi connectivity index (χ4n) is 2.23. The first-order valence-corrected chi connectivity index (χ1v) is 8.89. The van der Waals surface area contributed by atoms with Gasteiger partial charge in [0.05, 0.1) is 17.1 Å².